The third-order valence-electron chi connectivity index (χ3n) is 5.27. The standard InChI is InChI=1S/C15H24N2O4/c1-17-10-3-2-4-11(17)8-9(7-10)16-14(18)12-5-6-13(21-12)15(19)20/h9-13H,2-8H2,1H3,(H,16,18)(H,19,20). The van der Waals surface area contributed by atoms with E-state index in [2.05, 4.69) is 17.3 Å². The first-order valence-electron chi connectivity index (χ1n) is 7.95. The lowest BCUT2D eigenvalue weighted by Crippen LogP contribution is -2.56. The molecule has 3 heterocycles. The molecule has 2 N–H and O–H groups in total. The Morgan fingerprint density at radius 2 is 1.71 bits per heavy atom. The molecule has 3 rings (SSSR count). The van der Waals surface area contributed by atoms with Crippen molar-refractivity contribution in [3.05, 3.63) is 0 Å². The number of nitrogens with one attached hydrogen (secondary N) is 1. The summed E-state index contributed by atoms with van der Waals surface area (Å²) in [6, 6.07) is 1.34. The van der Waals surface area contributed by atoms with Crippen LogP contribution in [0.15, 0.2) is 0 Å². The Morgan fingerprint density at radius 1 is 1.10 bits per heavy atom. The van der Waals surface area contributed by atoms with Crippen LogP contribution in [0.1, 0.15) is 44.9 Å². The molecule has 0 spiro atoms. The summed E-state index contributed by atoms with van der Waals surface area (Å²) in [7, 11) is 2.18. The number of carboxylic acid groups (broad SMARTS) is 1. The third-order valence-corrected chi connectivity index (χ3v) is 5.27. The molecule has 21 heavy (non-hydrogen) atoms. The first kappa shape index (κ1) is 14.8. The molecule has 3 saturated heterocycles. The van der Waals surface area contributed by atoms with E-state index < -0.39 is 18.2 Å². The van der Waals surface area contributed by atoms with Crippen LogP contribution in [0.2, 0.25) is 0 Å². The highest BCUT2D eigenvalue weighted by Crippen LogP contribution is 2.32. The van der Waals surface area contributed by atoms with Crippen LogP contribution in [-0.2, 0) is 14.3 Å². The molecule has 2 bridgehead atoms. The Kier molecular flexibility index (Phi) is 4.17. The van der Waals surface area contributed by atoms with E-state index in [1.807, 2.05) is 0 Å². The van der Waals surface area contributed by atoms with Gasteiger partial charge in [-0.05, 0) is 45.6 Å². The highest BCUT2D eigenvalue weighted by Gasteiger charge is 2.39. The number of hydrogen-bond donors (Lipinski definition) is 2. The Balaban J connectivity index is 1.53. The van der Waals surface area contributed by atoms with Gasteiger partial charge in [0.1, 0.15) is 6.10 Å². The first-order chi connectivity index (χ1) is 10.0. The third kappa shape index (κ3) is 3.06. The maximum absolute atomic E-state index is 12.2. The van der Waals surface area contributed by atoms with E-state index in [1.165, 1.54) is 19.3 Å². The van der Waals surface area contributed by atoms with E-state index in [1.54, 1.807) is 0 Å². The number of fused-ring (bicyclic) bond motifs is 2. The van der Waals surface area contributed by atoms with Gasteiger partial charge < -0.3 is 20.1 Å². The zero-order valence-electron chi connectivity index (χ0n) is 12.5. The molecule has 3 fully saturated rings. The number of amides is 1. The van der Waals surface area contributed by atoms with E-state index in [0.717, 1.165) is 12.8 Å². The van der Waals surface area contributed by atoms with Gasteiger partial charge in [0.2, 0.25) is 5.91 Å². The normalized spacial score (nSPS) is 40.0. The van der Waals surface area contributed by atoms with Crippen molar-refractivity contribution in [2.24, 2.45) is 0 Å². The van der Waals surface area contributed by atoms with Crippen molar-refractivity contribution < 1.29 is 19.4 Å². The Morgan fingerprint density at radius 3 is 2.29 bits per heavy atom. The zero-order chi connectivity index (χ0) is 15.0. The molecular weight excluding hydrogens is 272 g/mol. The lowest BCUT2D eigenvalue weighted by atomic mass is 9.82. The van der Waals surface area contributed by atoms with Crippen molar-refractivity contribution in [2.75, 3.05) is 7.05 Å². The van der Waals surface area contributed by atoms with Gasteiger partial charge in [-0.25, -0.2) is 4.79 Å². The van der Waals surface area contributed by atoms with Crippen LogP contribution >= 0.6 is 0 Å². The molecular formula is C15H24N2O4. The number of carbonyl (C=O) groups excluding carboxylic acids is 1. The maximum atomic E-state index is 12.2. The fourth-order valence-electron chi connectivity index (χ4n) is 4.04. The van der Waals surface area contributed by atoms with Crippen LogP contribution in [0.25, 0.3) is 0 Å². The van der Waals surface area contributed by atoms with Crippen molar-refractivity contribution in [1.29, 1.82) is 0 Å². The Hall–Kier alpha value is -1.14. The lowest BCUT2D eigenvalue weighted by molar-refractivity contribution is -0.152. The van der Waals surface area contributed by atoms with E-state index in [9.17, 15) is 9.59 Å². The summed E-state index contributed by atoms with van der Waals surface area (Å²) >= 11 is 0. The molecule has 3 aliphatic rings. The van der Waals surface area contributed by atoms with Gasteiger partial charge in [0.15, 0.2) is 6.10 Å². The topological polar surface area (TPSA) is 78.9 Å². The van der Waals surface area contributed by atoms with E-state index in [0.29, 0.717) is 24.9 Å². The molecule has 4 atom stereocenters. The lowest BCUT2D eigenvalue weighted by Gasteiger charge is -2.47. The maximum Gasteiger partial charge on any atom is 0.332 e. The van der Waals surface area contributed by atoms with Gasteiger partial charge in [0.05, 0.1) is 0 Å². The van der Waals surface area contributed by atoms with Crippen molar-refractivity contribution in [2.45, 2.75) is 75.3 Å². The van der Waals surface area contributed by atoms with Crippen LogP contribution in [0.5, 0.6) is 0 Å². The number of hydrogen-bond acceptors (Lipinski definition) is 4. The molecule has 0 aromatic heterocycles. The molecule has 0 aliphatic carbocycles. The van der Waals surface area contributed by atoms with Crippen molar-refractivity contribution in [3.8, 4) is 0 Å². The van der Waals surface area contributed by atoms with Gasteiger partial charge >= 0.3 is 5.97 Å². The van der Waals surface area contributed by atoms with E-state index in [-0.39, 0.29) is 11.9 Å². The molecule has 6 nitrogen and oxygen atoms in total. The fraction of sp³-hybridized carbons (Fsp3) is 0.867. The average molecular weight is 296 g/mol. The van der Waals surface area contributed by atoms with Gasteiger partial charge in [-0.2, -0.15) is 0 Å². The van der Waals surface area contributed by atoms with Crippen LogP contribution in [0.3, 0.4) is 0 Å². The molecule has 0 aromatic rings. The molecule has 0 radical (unpaired) electrons. The minimum absolute atomic E-state index is 0.133. The number of carbonyl (C=O) groups is 2. The van der Waals surface area contributed by atoms with Crippen LogP contribution in [0, 0.1) is 0 Å². The number of ether oxygens (including phenoxy) is 1. The minimum atomic E-state index is -0.973. The number of carboxylic acids is 1. The highest BCUT2D eigenvalue weighted by molar-refractivity contribution is 5.82. The number of nitrogens with zero attached hydrogens (tertiary/aromatic N) is 1. The molecule has 4 unspecified atom stereocenters. The summed E-state index contributed by atoms with van der Waals surface area (Å²) in [6.07, 6.45) is 5.20. The summed E-state index contributed by atoms with van der Waals surface area (Å²) in [4.78, 5) is 25.6. The second-order valence-corrected chi connectivity index (χ2v) is 6.61. The number of rotatable bonds is 3. The van der Waals surface area contributed by atoms with Crippen molar-refractivity contribution in [1.82, 2.24) is 10.2 Å². The van der Waals surface area contributed by atoms with Gasteiger partial charge in [-0.3, -0.25) is 4.79 Å². The van der Waals surface area contributed by atoms with Gasteiger partial charge in [0.25, 0.3) is 0 Å². The van der Waals surface area contributed by atoms with Gasteiger partial charge in [-0.1, -0.05) is 6.42 Å². The molecule has 0 saturated carbocycles. The van der Waals surface area contributed by atoms with Crippen LogP contribution in [0.4, 0.5) is 0 Å². The highest BCUT2D eigenvalue weighted by atomic mass is 16.5. The molecule has 1 amide bonds. The van der Waals surface area contributed by atoms with Gasteiger partial charge in [0, 0.05) is 18.1 Å². The van der Waals surface area contributed by atoms with Crippen LogP contribution in [-0.4, -0.2) is 59.3 Å². The monoisotopic (exact) mass is 296 g/mol. The largest absolute Gasteiger partial charge is 0.479 e. The number of piperidine rings is 2. The minimum Gasteiger partial charge on any atom is -0.479 e. The second-order valence-electron chi connectivity index (χ2n) is 6.61. The predicted octanol–water partition coefficient (Wildman–Crippen LogP) is 0.750. The second kappa shape index (κ2) is 5.93. The smallest absolute Gasteiger partial charge is 0.332 e. The Bertz CT molecular complexity index is 414. The van der Waals surface area contributed by atoms with Crippen molar-refractivity contribution in [3.63, 3.8) is 0 Å². The molecule has 0 aromatic carbocycles. The van der Waals surface area contributed by atoms with E-state index >= 15 is 0 Å². The molecule has 3 aliphatic heterocycles. The zero-order valence-corrected chi connectivity index (χ0v) is 12.5. The Labute approximate surface area is 124 Å². The van der Waals surface area contributed by atoms with Gasteiger partial charge in [-0.15, -0.1) is 0 Å². The fourth-order valence-corrected chi connectivity index (χ4v) is 4.04. The summed E-state index contributed by atoms with van der Waals surface area (Å²) < 4.78 is 5.32. The predicted molar refractivity (Wildman–Crippen MR) is 75.9 cm³/mol. The average Bonchev–Trinajstić information content (AvgIpc) is 2.90. The SMILES string of the molecule is CN1C2CCCC1CC(NC(=O)C1CCC(C(=O)O)O1)C2. The van der Waals surface area contributed by atoms with Crippen molar-refractivity contribution >= 4 is 11.9 Å². The number of aliphatic carboxylic acids is 1. The van der Waals surface area contributed by atoms with E-state index in [4.69, 9.17) is 9.84 Å². The quantitative estimate of drug-likeness (QED) is 0.803. The summed E-state index contributed by atoms with van der Waals surface area (Å²) in [6.45, 7) is 0. The van der Waals surface area contributed by atoms with Crippen LogP contribution < -0.4 is 5.32 Å². The summed E-state index contributed by atoms with van der Waals surface area (Å²) in [5.74, 6) is -1.11. The molecule has 6 heteroatoms. The molecule has 118 valence electrons. The summed E-state index contributed by atoms with van der Waals surface area (Å²) in [5, 5.41) is 12.0. The first-order valence-corrected chi connectivity index (χ1v) is 7.95. The summed E-state index contributed by atoms with van der Waals surface area (Å²) in [5.41, 5.74) is 0.